The van der Waals surface area contributed by atoms with Gasteiger partial charge in [0.2, 0.25) is 5.91 Å². The second kappa shape index (κ2) is 7.57. The predicted octanol–water partition coefficient (Wildman–Crippen LogP) is 3.05. The van der Waals surface area contributed by atoms with E-state index in [1.807, 2.05) is 13.8 Å². The van der Waals surface area contributed by atoms with Crippen LogP contribution in [-0.2, 0) is 9.53 Å². The number of hydrogen-bond acceptors (Lipinski definition) is 4. The Hall–Kier alpha value is -2.17. The van der Waals surface area contributed by atoms with Crippen molar-refractivity contribution in [1.29, 1.82) is 0 Å². The Bertz CT molecular complexity index is 547. The Labute approximate surface area is 124 Å². The quantitative estimate of drug-likeness (QED) is 0.646. The molecule has 21 heavy (non-hydrogen) atoms. The molecule has 114 valence electrons. The highest BCUT2D eigenvalue weighted by molar-refractivity contribution is 6.07. The third kappa shape index (κ3) is 4.15. The molecule has 1 aromatic carbocycles. The summed E-state index contributed by atoms with van der Waals surface area (Å²) in [7, 11) is 1.28. The van der Waals surface area contributed by atoms with Crippen LogP contribution in [0.15, 0.2) is 18.2 Å². The monoisotopic (exact) mass is 291 g/mol. The molecule has 0 aliphatic heterocycles. The molecule has 5 heteroatoms. The van der Waals surface area contributed by atoms with Gasteiger partial charge in [0.15, 0.2) is 5.78 Å². The molecule has 1 aromatic rings. The maximum Gasteiger partial charge on any atom is 0.337 e. The van der Waals surface area contributed by atoms with E-state index in [0.29, 0.717) is 29.7 Å². The zero-order chi connectivity index (χ0) is 16.0. The number of ether oxygens (including phenoxy) is 1. The van der Waals surface area contributed by atoms with Crippen molar-refractivity contribution in [3.8, 4) is 0 Å². The van der Waals surface area contributed by atoms with Crippen molar-refractivity contribution in [3.63, 3.8) is 0 Å². The van der Waals surface area contributed by atoms with Crippen LogP contribution in [0.3, 0.4) is 0 Å². The SMILES string of the molecule is CCC(CC)C(=O)c1cc(C(=O)OC)ccc1NC(C)=O. The summed E-state index contributed by atoms with van der Waals surface area (Å²) in [6, 6.07) is 4.57. The second-order valence-corrected chi connectivity index (χ2v) is 4.81. The molecule has 1 N–H and O–H groups in total. The van der Waals surface area contributed by atoms with Gasteiger partial charge in [-0.3, -0.25) is 9.59 Å². The van der Waals surface area contributed by atoms with E-state index in [-0.39, 0.29) is 17.6 Å². The molecule has 0 radical (unpaired) electrons. The second-order valence-electron chi connectivity index (χ2n) is 4.81. The molecule has 0 spiro atoms. The maximum absolute atomic E-state index is 12.6. The third-order valence-corrected chi connectivity index (χ3v) is 3.37. The molecule has 1 rings (SSSR count). The molecule has 0 saturated heterocycles. The number of anilines is 1. The molecule has 0 heterocycles. The van der Waals surface area contributed by atoms with Crippen molar-refractivity contribution in [2.45, 2.75) is 33.6 Å². The number of ketones is 1. The summed E-state index contributed by atoms with van der Waals surface area (Å²) in [6.45, 7) is 5.25. The fourth-order valence-corrected chi connectivity index (χ4v) is 2.17. The highest BCUT2D eigenvalue weighted by Crippen LogP contribution is 2.24. The van der Waals surface area contributed by atoms with Gasteiger partial charge in [0.1, 0.15) is 0 Å². The minimum atomic E-state index is -0.511. The molecule has 1 amide bonds. The van der Waals surface area contributed by atoms with Crippen molar-refractivity contribution in [1.82, 2.24) is 0 Å². The van der Waals surface area contributed by atoms with Gasteiger partial charge in [-0.05, 0) is 31.0 Å². The summed E-state index contributed by atoms with van der Waals surface area (Å²) in [5.41, 5.74) is 1.06. The van der Waals surface area contributed by atoms with Gasteiger partial charge >= 0.3 is 5.97 Å². The number of carbonyl (C=O) groups is 3. The molecular weight excluding hydrogens is 270 g/mol. The molecule has 0 bridgehead atoms. The average Bonchev–Trinajstić information content (AvgIpc) is 2.47. The van der Waals surface area contributed by atoms with Gasteiger partial charge in [-0.2, -0.15) is 0 Å². The van der Waals surface area contributed by atoms with Crippen LogP contribution in [0.4, 0.5) is 5.69 Å². The minimum absolute atomic E-state index is 0.0745. The predicted molar refractivity (Wildman–Crippen MR) is 80.5 cm³/mol. The summed E-state index contributed by atoms with van der Waals surface area (Å²) in [4.78, 5) is 35.4. The molecule has 0 unspecified atom stereocenters. The van der Waals surface area contributed by atoms with E-state index in [0.717, 1.165) is 0 Å². The van der Waals surface area contributed by atoms with E-state index in [9.17, 15) is 14.4 Å². The average molecular weight is 291 g/mol. The van der Waals surface area contributed by atoms with E-state index in [1.54, 1.807) is 6.07 Å². The molecule has 5 nitrogen and oxygen atoms in total. The first-order chi connectivity index (χ1) is 9.94. The number of nitrogens with one attached hydrogen (secondary N) is 1. The van der Waals surface area contributed by atoms with E-state index >= 15 is 0 Å². The molecule has 0 saturated carbocycles. The van der Waals surface area contributed by atoms with Gasteiger partial charge < -0.3 is 10.1 Å². The lowest BCUT2D eigenvalue weighted by Gasteiger charge is -2.15. The number of methoxy groups -OCH3 is 1. The Morgan fingerprint density at radius 2 is 1.81 bits per heavy atom. The van der Waals surface area contributed by atoms with E-state index in [1.165, 1.54) is 26.2 Å². The number of rotatable bonds is 6. The van der Waals surface area contributed by atoms with E-state index < -0.39 is 5.97 Å². The first-order valence-corrected chi connectivity index (χ1v) is 6.98. The van der Waals surface area contributed by atoms with Gasteiger partial charge in [0.25, 0.3) is 0 Å². The maximum atomic E-state index is 12.6. The van der Waals surface area contributed by atoms with Crippen molar-refractivity contribution >= 4 is 23.3 Å². The van der Waals surface area contributed by atoms with Crippen LogP contribution < -0.4 is 5.32 Å². The van der Waals surface area contributed by atoms with Crippen LogP contribution in [0.1, 0.15) is 54.3 Å². The summed E-state index contributed by atoms with van der Waals surface area (Å²) in [6.07, 6.45) is 1.41. The van der Waals surface area contributed by atoms with Gasteiger partial charge in [-0.15, -0.1) is 0 Å². The zero-order valence-electron chi connectivity index (χ0n) is 12.9. The lowest BCUT2D eigenvalue weighted by molar-refractivity contribution is -0.114. The van der Waals surface area contributed by atoms with Gasteiger partial charge in [-0.1, -0.05) is 13.8 Å². The van der Waals surface area contributed by atoms with Crippen LogP contribution in [0, 0.1) is 5.92 Å². The minimum Gasteiger partial charge on any atom is -0.465 e. The molecule has 0 atom stereocenters. The largest absolute Gasteiger partial charge is 0.465 e. The molecular formula is C16H21NO4. The number of amides is 1. The molecule has 0 fully saturated rings. The topological polar surface area (TPSA) is 72.5 Å². The smallest absolute Gasteiger partial charge is 0.337 e. The fourth-order valence-electron chi connectivity index (χ4n) is 2.17. The number of hydrogen-bond donors (Lipinski definition) is 1. The molecule has 0 aliphatic rings. The van der Waals surface area contributed by atoms with E-state index in [2.05, 4.69) is 10.1 Å². The lowest BCUT2D eigenvalue weighted by Crippen LogP contribution is -2.18. The van der Waals surface area contributed by atoms with Gasteiger partial charge in [0.05, 0.1) is 18.4 Å². The fraction of sp³-hybridized carbons (Fsp3) is 0.438. The van der Waals surface area contributed by atoms with Crippen molar-refractivity contribution in [2.24, 2.45) is 5.92 Å². The van der Waals surface area contributed by atoms with Crippen LogP contribution >= 0.6 is 0 Å². The summed E-state index contributed by atoms with van der Waals surface area (Å²) < 4.78 is 4.67. The summed E-state index contributed by atoms with van der Waals surface area (Å²) in [5.74, 6) is -0.984. The Morgan fingerprint density at radius 1 is 1.19 bits per heavy atom. The molecule has 0 aromatic heterocycles. The summed E-state index contributed by atoms with van der Waals surface area (Å²) in [5, 5.41) is 2.63. The Morgan fingerprint density at radius 3 is 2.29 bits per heavy atom. The number of esters is 1. The third-order valence-electron chi connectivity index (χ3n) is 3.37. The van der Waals surface area contributed by atoms with Crippen molar-refractivity contribution in [2.75, 3.05) is 12.4 Å². The van der Waals surface area contributed by atoms with Crippen LogP contribution in [0.2, 0.25) is 0 Å². The summed E-state index contributed by atoms with van der Waals surface area (Å²) >= 11 is 0. The van der Waals surface area contributed by atoms with Gasteiger partial charge in [0, 0.05) is 18.4 Å². The Balaban J connectivity index is 3.30. The number of benzene rings is 1. The number of carbonyl (C=O) groups excluding carboxylic acids is 3. The Kier molecular flexibility index (Phi) is 6.09. The lowest BCUT2D eigenvalue weighted by atomic mass is 9.91. The first-order valence-electron chi connectivity index (χ1n) is 6.98. The zero-order valence-corrected chi connectivity index (χ0v) is 12.9. The normalized spacial score (nSPS) is 10.3. The standard InChI is InChI=1S/C16H21NO4/c1-5-11(6-2)15(19)13-9-12(16(20)21-4)7-8-14(13)17-10(3)18/h7-9,11H,5-6H2,1-4H3,(H,17,18). The highest BCUT2D eigenvalue weighted by Gasteiger charge is 2.21. The first kappa shape index (κ1) is 16.9. The number of Topliss-reactive ketones (excluding diaryl/α,β-unsaturated/α-hetero) is 1. The van der Waals surface area contributed by atoms with Crippen molar-refractivity contribution in [3.05, 3.63) is 29.3 Å². The van der Waals surface area contributed by atoms with Crippen LogP contribution in [0.25, 0.3) is 0 Å². The highest BCUT2D eigenvalue weighted by atomic mass is 16.5. The van der Waals surface area contributed by atoms with Crippen LogP contribution in [0.5, 0.6) is 0 Å². The van der Waals surface area contributed by atoms with Gasteiger partial charge in [-0.25, -0.2) is 4.79 Å². The van der Waals surface area contributed by atoms with E-state index in [4.69, 9.17) is 0 Å². The van der Waals surface area contributed by atoms with Crippen molar-refractivity contribution < 1.29 is 19.1 Å². The molecule has 0 aliphatic carbocycles. The van der Waals surface area contributed by atoms with Crippen LogP contribution in [-0.4, -0.2) is 24.8 Å².